The molecule has 0 aliphatic carbocycles. The van der Waals surface area contributed by atoms with Gasteiger partial charge in [0.1, 0.15) is 0 Å². The van der Waals surface area contributed by atoms with Crippen LogP contribution in [0.1, 0.15) is 25.7 Å². The predicted molar refractivity (Wildman–Crippen MR) is 160 cm³/mol. The Morgan fingerprint density at radius 3 is 1.00 bits per heavy atom. The Morgan fingerprint density at radius 1 is 0.421 bits per heavy atom. The van der Waals surface area contributed by atoms with E-state index in [1.165, 1.54) is 56.5 Å². The van der Waals surface area contributed by atoms with Crippen LogP contribution >= 0.6 is 0 Å². The molecule has 6 aromatic rings. The highest BCUT2D eigenvalue weighted by Crippen LogP contribution is 2.22. The lowest BCUT2D eigenvalue weighted by molar-refractivity contribution is 0.558. The summed E-state index contributed by atoms with van der Waals surface area (Å²) in [6.45, 7) is 2.02. The Balaban J connectivity index is 1.22. The van der Waals surface area contributed by atoms with Crippen LogP contribution in [-0.2, 0) is 13.1 Å². The van der Waals surface area contributed by atoms with Gasteiger partial charge in [-0.3, -0.25) is 9.98 Å². The second-order valence-corrected chi connectivity index (χ2v) is 9.93. The summed E-state index contributed by atoms with van der Waals surface area (Å²) in [6.07, 6.45) is 4.71. The second kappa shape index (κ2) is 10.7. The summed E-state index contributed by atoms with van der Waals surface area (Å²) >= 11 is 0. The van der Waals surface area contributed by atoms with Crippen LogP contribution in [-0.4, -0.2) is 23.2 Å². The minimum atomic E-state index is 1.01. The van der Waals surface area contributed by atoms with Crippen LogP contribution < -0.4 is 10.7 Å². The van der Waals surface area contributed by atoms with Gasteiger partial charge in [0.15, 0.2) is 0 Å². The number of nitrogens with zero attached hydrogens (tertiary/aromatic N) is 4. The van der Waals surface area contributed by atoms with E-state index in [1.54, 1.807) is 0 Å². The van der Waals surface area contributed by atoms with Gasteiger partial charge in [0.25, 0.3) is 0 Å². The third kappa shape index (κ3) is 4.20. The van der Waals surface area contributed by atoms with Crippen molar-refractivity contribution in [3.05, 3.63) is 108 Å². The molecule has 0 aliphatic rings. The van der Waals surface area contributed by atoms with Crippen molar-refractivity contribution in [3.8, 4) is 0 Å². The molecule has 0 unspecified atom stereocenters. The summed E-state index contributed by atoms with van der Waals surface area (Å²) in [5.41, 5.74) is 5.06. The number of benzene rings is 4. The van der Waals surface area contributed by atoms with Crippen LogP contribution in [0.15, 0.2) is 107 Å². The normalized spacial score (nSPS) is 11.5. The molecule has 0 saturated heterocycles. The van der Waals surface area contributed by atoms with Gasteiger partial charge in [0.2, 0.25) is 0 Å². The van der Waals surface area contributed by atoms with E-state index >= 15 is 0 Å². The molecule has 4 aromatic carbocycles. The Labute approximate surface area is 223 Å². The quantitative estimate of drug-likeness (QED) is 0.164. The van der Waals surface area contributed by atoms with Crippen LogP contribution in [0.5, 0.6) is 0 Å². The predicted octanol–water partition coefficient (Wildman–Crippen LogP) is 7.22. The first kappa shape index (κ1) is 24.2. The molecule has 0 atom stereocenters. The standard InChI is InChI=1S/C34H34N4/c1-35-33-25-15-5-9-19-29(25)37(30-20-10-6-16-26(30)33)23-13-3-4-14-24-38-31-21-11-7-17-27(31)34(36-2)28-18-8-12-22-32(28)38/h5-12,15-22H,3-4,13-14,23-24H2,1-2H3. The minimum absolute atomic E-state index is 1.01. The second-order valence-electron chi connectivity index (χ2n) is 9.93. The lowest BCUT2D eigenvalue weighted by Crippen LogP contribution is -2.13. The molecule has 0 bridgehead atoms. The zero-order valence-corrected chi connectivity index (χ0v) is 22.3. The van der Waals surface area contributed by atoms with Crippen LogP contribution in [0.25, 0.3) is 43.6 Å². The third-order valence-electron chi connectivity index (χ3n) is 7.76. The first-order valence-corrected chi connectivity index (χ1v) is 13.7. The van der Waals surface area contributed by atoms with E-state index in [4.69, 9.17) is 0 Å². The lowest BCUT2D eigenvalue weighted by Gasteiger charge is -2.17. The number of fused-ring (bicyclic) bond motifs is 4. The molecule has 0 aliphatic heterocycles. The van der Waals surface area contributed by atoms with Crippen LogP contribution in [0.3, 0.4) is 0 Å². The van der Waals surface area contributed by atoms with Gasteiger partial charge in [0.05, 0.1) is 32.8 Å². The Morgan fingerprint density at radius 2 is 0.711 bits per heavy atom. The Kier molecular flexibility index (Phi) is 6.78. The number of aryl methyl sites for hydroxylation is 2. The van der Waals surface area contributed by atoms with Crippen molar-refractivity contribution in [1.29, 1.82) is 0 Å². The van der Waals surface area contributed by atoms with E-state index in [9.17, 15) is 0 Å². The van der Waals surface area contributed by atoms with Crippen molar-refractivity contribution in [2.24, 2.45) is 9.98 Å². The molecule has 0 radical (unpaired) electrons. The molecular formula is C34H34N4. The highest BCUT2D eigenvalue weighted by Gasteiger charge is 2.10. The van der Waals surface area contributed by atoms with Crippen molar-refractivity contribution >= 4 is 43.6 Å². The molecular weight excluding hydrogens is 464 g/mol. The molecule has 0 spiro atoms. The maximum atomic E-state index is 4.65. The topological polar surface area (TPSA) is 34.6 Å². The average molecular weight is 499 g/mol. The molecule has 0 amide bonds. The number of unbranched alkanes of at least 4 members (excludes halogenated alkanes) is 3. The molecule has 190 valence electrons. The molecule has 0 N–H and O–H groups in total. The monoisotopic (exact) mass is 498 g/mol. The van der Waals surface area contributed by atoms with Gasteiger partial charge >= 0.3 is 0 Å². The molecule has 0 fully saturated rings. The highest BCUT2D eigenvalue weighted by atomic mass is 15.0. The molecule has 6 rings (SSSR count). The Bertz CT molecular complexity index is 1650. The maximum absolute atomic E-state index is 4.65. The van der Waals surface area contributed by atoms with Crippen LogP contribution in [0.4, 0.5) is 0 Å². The van der Waals surface area contributed by atoms with Crippen molar-refractivity contribution < 1.29 is 0 Å². The largest absolute Gasteiger partial charge is 0.340 e. The van der Waals surface area contributed by atoms with Gasteiger partial charge in [-0.15, -0.1) is 0 Å². The SMILES string of the molecule is CN=c1c2ccccc2n(CCCCCCn2c3ccccc3c(=NC)c3ccccc32)c2ccccc12. The highest BCUT2D eigenvalue weighted by molar-refractivity contribution is 5.94. The minimum Gasteiger partial charge on any atom is -0.340 e. The zero-order valence-electron chi connectivity index (χ0n) is 22.3. The number of hydrogen-bond acceptors (Lipinski definition) is 2. The number of para-hydroxylation sites is 4. The van der Waals surface area contributed by atoms with Crippen molar-refractivity contribution in [2.75, 3.05) is 14.1 Å². The fraction of sp³-hybridized carbons (Fsp3) is 0.235. The van der Waals surface area contributed by atoms with E-state index in [1.807, 2.05) is 14.1 Å². The van der Waals surface area contributed by atoms with Gasteiger partial charge in [0, 0.05) is 48.7 Å². The average Bonchev–Trinajstić information content (AvgIpc) is 2.98. The van der Waals surface area contributed by atoms with Gasteiger partial charge in [-0.1, -0.05) is 85.6 Å². The van der Waals surface area contributed by atoms with Crippen molar-refractivity contribution in [1.82, 2.24) is 9.13 Å². The fourth-order valence-corrected chi connectivity index (χ4v) is 6.04. The molecule has 4 nitrogen and oxygen atoms in total. The summed E-state index contributed by atoms with van der Waals surface area (Å²) < 4.78 is 4.98. The summed E-state index contributed by atoms with van der Waals surface area (Å²) in [4.78, 5) is 9.30. The molecule has 38 heavy (non-hydrogen) atoms. The van der Waals surface area contributed by atoms with E-state index in [2.05, 4.69) is 116 Å². The first-order chi connectivity index (χ1) is 18.8. The number of hydrogen-bond donors (Lipinski definition) is 0. The molecule has 2 aromatic heterocycles. The lowest BCUT2D eigenvalue weighted by atomic mass is 10.1. The van der Waals surface area contributed by atoms with Gasteiger partial charge in [-0.25, -0.2) is 0 Å². The first-order valence-electron chi connectivity index (χ1n) is 13.7. The summed E-state index contributed by atoms with van der Waals surface area (Å²) in [7, 11) is 3.79. The van der Waals surface area contributed by atoms with E-state index < -0.39 is 0 Å². The van der Waals surface area contributed by atoms with Crippen molar-refractivity contribution in [3.63, 3.8) is 0 Å². The van der Waals surface area contributed by atoms with Gasteiger partial charge < -0.3 is 9.13 Å². The Hall–Kier alpha value is -4.18. The number of aromatic nitrogens is 2. The van der Waals surface area contributed by atoms with E-state index in [-0.39, 0.29) is 0 Å². The zero-order chi connectivity index (χ0) is 25.9. The van der Waals surface area contributed by atoms with E-state index in [0.29, 0.717) is 0 Å². The number of pyridine rings is 2. The van der Waals surface area contributed by atoms with Gasteiger partial charge in [-0.05, 0) is 37.1 Å². The van der Waals surface area contributed by atoms with E-state index in [0.717, 1.165) is 36.6 Å². The summed E-state index contributed by atoms with van der Waals surface area (Å²) in [5.74, 6) is 0. The smallest absolute Gasteiger partial charge is 0.0757 e. The molecule has 2 heterocycles. The van der Waals surface area contributed by atoms with Crippen molar-refractivity contribution in [2.45, 2.75) is 38.8 Å². The van der Waals surface area contributed by atoms with Crippen LogP contribution in [0, 0.1) is 0 Å². The third-order valence-corrected chi connectivity index (χ3v) is 7.76. The fourth-order valence-electron chi connectivity index (χ4n) is 6.04. The van der Waals surface area contributed by atoms with Gasteiger partial charge in [-0.2, -0.15) is 0 Å². The summed E-state index contributed by atoms with van der Waals surface area (Å²) in [5, 5.41) is 7.09. The maximum Gasteiger partial charge on any atom is 0.0757 e. The van der Waals surface area contributed by atoms with Crippen LogP contribution in [0.2, 0.25) is 0 Å². The summed E-state index contributed by atoms with van der Waals surface area (Å²) in [6, 6.07) is 34.7. The molecule has 4 heteroatoms. The number of rotatable bonds is 7. The molecule has 0 saturated carbocycles.